The monoisotopic (exact) mass is 514 g/mol. The van der Waals surface area contributed by atoms with E-state index < -0.39 is 11.9 Å². The van der Waals surface area contributed by atoms with Crippen LogP contribution in [0, 0.1) is 5.82 Å². The maximum Gasteiger partial charge on any atom is 0.251 e. The van der Waals surface area contributed by atoms with Gasteiger partial charge in [-0.15, -0.1) is 24.0 Å². The van der Waals surface area contributed by atoms with Gasteiger partial charge in [0.05, 0.1) is 6.54 Å². The topological polar surface area (TPSA) is 85.8 Å². The van der Waals surface area contributed by atoms with Crippen LogP contribution in [0.5, 0.6) is 0 Å². The molecule has 8 heteroatoms. The summed E-state index contributed by atoms with van der Waals surface area (Å²) in [5.74, 6) is -0.0219. The fourth-order valence-electron chi connectivity index (χ4n) is 2.70. The van der Waals surface area contributed by atoms with Crippen LogP contribution in [-0.4, -0.2) is 43.7 Å². The molecule has 0 aliphatic heterocycles. The van der Waals surface area contributed by atoms with Crippen molar-refractivity contribution in [2.45, 2.75) is 19.4 Å². The molecule has 0 fully saturated rings. The van der Waals surface area contributed by atoms with Gasteiger partial charge in [-0.3, -0.25) is 9.79 Å². The number of benzene rings is 2. The number of guanidine groups is 1. The van der Waals surface area contributed by atoms with Gasteiger partial charge in [-0.25, -0.2) is 4.39 Å². The van der Waals surface area contributed by atoms with Crippen LogP contribution in [0.25, 0.3) is 0 Å². The van der Waals surface area contributed by atoms with Crippen molar-refractivity contribution in [2.24, 2.45) is 4.99 Å². The van der Waals surface area contributed by atoms with Crippen LogP contribution in [-0.2, 0) is 6.42 Å². The van der Waals surface area contributed by atoms with Crippen molar-refractivity contribution in [1.82, 2.24) is 16.0 Å². The number of hydrogen-bond acceptors (Lipinski definition) is 3. The van der Waals surface area contributed by atoms with Crippen LogP contribution < -0.4 is 16.0 Å². The molecule has 1 unspecified atom stereocenters. The molecule has 0 aliphatic rings. The summed E-state index contributed by atoms with van der Waals surface area (Å²) in [6, 6.07) is 13.6. The Kier molecular flexibility index (Phi) is 11.2. The van der Waals surface area contributed by atoms with Gasteiger partial charge in [-0.05, 0) is 37.1 Å². The van der Waals surface area contributed by atoms with E-state index in [2.05, 4.69) is 20.9 Å². The normalized spacial score (nSPS) is 11.9. The second-order valence-electron chi connectivity index (χ2n) is 6.21. The molecule has 0 aliphatic carbocycles. The molecular formula is C21H28FIN4O2. The van der Waals surface area contributed by atoms with E-state index in [1.54, 1.807) is 31.3 Å². The Morgan fingerprint density at radius 2 is 1.93 bits per heavy atom. The summed E-state index contributed by atoms with van der Waals surface area (Å²) in [7, 11) is 1.60. The number of aliphatic hydroxyl groups excluding tert-OH is 1. The maximum atomic E-state index is 13.7. The average Bonchev–Trinajstić information content (AvgIpc) is 2.71. The number of amides is 1. The minimum atomic E-state index is -1.01. The second-order valence-corrected chi connectivity index (χ2v) is 6.21. The molecule has 0 saturated carbocycles. The van der Waals surface area contributed by atoms with Gasteiger partial charge in [0.25, 0.3) is 5.91 Å². The van der Waals surface area contributed by atoms with Gasteiger partial charge in [-0.2, -0.15) is 0 Å². The molecule has 0 radical (unpaired) electrons. The molecule has 0 bridgehead atoms. The van der Waals surface area contributed by atoms with Crippen molar-refractivity contribution >= 4 is 35.8 Å². The lowest BCUT2D eigenvalue weighted by Crippen LogP contribution is -2.38. The highest BCUT2D eigenvalue weighted by Crippen LogP contribution is 2.16. The zero-order valence-corrected chi connectivity index (χ0v) is 18.9. The summed E-state index contributed by atoms with van der Waals surface area (Å²) in [5.41, 5.74) is 1.87. The Morgan fingerprint density at radius 1 is 1.17 bits per heavy atom. The fraction of sp³-hybridized carbons (Fsp3) is 0.333. The number of aliphatic imine (C=N–C) groups is 1. The van der Waals surface area contributed by atoms with Crippen molar-refractivity contribution in [3.8, 4) is 0 Å². The number of hydrogen-bond donors (Lipinski definition) is 4. The summed E-state index contributed by atoms with van der Waals surface area (Å²) in [5, 5.41) is 19.1. The highest BCUT2D eigenvalue weighted by molar-refractivity contribution is 14.0. The number of nitrogens with one attached hydrogen (secondary N) is 3. The van der Waals surface area contributed by atoms with E-state index in [9.17, 15) is 14.3 Å². The summed E-state index contributed by atoms with van der Waals surface area (Å²) in [4.78, 5) is 16.1. The van der Waals surface area contributed by atoms with E-state index in [-0.39, 0.29) is 42.0 Å². The fourth-order valence-corrected chi connectivity index (χ4v) is 2.70. The summed E-state index contributed by atoms with van der Waals surface area (Å²) < 4.78 is 13.7. The summed E-state index contributed by atoms with van der Waals surface area (Å²) in [6.07, 6.45) is -0.314. The molecular weight excluding hydrogens is 486 g/mol. The van der Waals surface area contributed by atoms with Crippen LogP contribution in [0.15, 0.2) is 53.5 Å². The molecule has 29 heavy (non-hydrogen) atoms. The number of carbonyl (C=O) groups is 1. The largest absolute Gasteiger partial charge is 0.386 e. The van der Waals surface area contributed by atoms with Crippen LogP contribution in [0.2, 0.25) is 0 Å². The predicted molar refractivity (Wildman–Crippen MR) is 124 cm³/mol. The van der Waals surface area contributed by atoms with Gasteiger partial charge in [0.2, 0.25) is 0 Å². The lowest BCUT2D eigenvalue weighted by molar-refractivity contribution is 0.0963. The molecule has 1 atom stereocenters. The van der Waals surface area contributed by atoms with Crippen molar-refractivity contribution in [3.05, 3.63) is 71.0 Å². The van der Waals surface area contributed by atoms with E-state index in [0.29, 0.717) is 31.0 Å². The van der Waals surface area contributed by atoms with Crippen molar-refractivity contribution in [1.29, 1.82) is 0 Å². The SMILES string of the molecule is CCNC(=NCC(O)c1ccccc1F)NCCc1cccc(C(=O)NC)c1.I. The van der Waals surface area contributed by atoms with Crippen LogP contribution in [0.4, 0.5) is 4.39 Å². The van der Waals surface area contributed by atoms with Gasteiger partial charge in [0.1, 0.15) is 11.9 Å². The minimum Gasteiger partial charge on any atom is -0.386 e. The van der Waals surface area contributed by atoms with Crippen LogP contribution in [0.3, 0.4) is 0 Å². The molecule has 158 valence electrons. The van der Waals surface area contributed by atoms with Crippen molar-refractivity contribution < 1.29 is 14.3 Å². The molecule has 6 nitrogen and oxygen atoms in total. The molecule has 0 heterocycles. The summed E-state index contributed by atoms with van der Waals surface area (Å²) in [6.45, 7) is 3.24. The first-order valence-corrected chi connectivity index (χ1v) is 9.30. The third-order valence-electron chi connectivity index (χ3n) is 4.15. The second kappa shape index (κ2) is 13.1. The van der Waals surface area contributed by atoms with E-state index in [4.69, 9.17) is 0 Å². The quantitative estimate of drug-likeness (QED) is 0.248. The lowest BCUT2D eigenvalue weighted by Gasteiger charge is -2.14. The predicted octanol–water partition coefficient (Wildman–Crippen LogP) is 2.63. The Balaban J connectivity index is 0.00000420. The molecule has 4 N–H and O–H groups in total. The molecule has 1 amide bonds. The number of carbonyl (C=O) groups excluding carboxylic acids is 1. The van der Waals surface area contributed by atoms with E-state index in [0.717, 1.165) is 5.56 Å². The Hall–Kier alpha value is -2.20. The van der Waals surface area contributed by atoms with Crippen LogP contribution in [0.1, 0.15) is 34.5 Å². The molecule has 2 aromatic rings. The maximum absolute atomic E-state index is 13.7. The van der Waals surface area contributed by atoms with E-state index in [1.807, 2.05) is 25.1 Å². The van der Waals surface area contributed by atoms with E-state index >= 15 is 0 Å². The highest BCUT2D eigenvalue weighted by Gasteiger charge is 2.12. The zero-order chi connectivity index (χ0) is 20.4. The van der Waals surface area contributed by atoms with E-state index in [1.165, 1.54) is 6.07 Å². The first-order chi connectivity index (χ1) is 13.5. The Labute approximate surface area is 188 Å². The zero-order valence-electron chi connectivity index (χ0n) is 16.6. The third-order valence-corrected chi connectivity index (χ3v) is 4.15. The van der Waals surface area contributed by atoms with Gasteiger partial charge in [0.15, 0.2) is 5.96 Å². The smallest absolute Gasteiger partial charge is 0.251 e. The molecule has 2 aromatic carbocycles. The number of halogens is 2. The Morgan fingerprint density at radius 3 is 2.62 bits per heavy atom. The molecule has 0 saturated heterocycles. The first kappa shape index (κ1) is 24.8. The molecule has 2 rings (SSSR count). The van der Waals surface area contributed by atoms with Crippen molar-refractivity contribution in [2.75, 3.05) is 26.7 Å². The number of rotatable bonds is 8. The van der Waals surface area contributed by atoms with Crippen LogP contribution >= 0.6 is 24.0 Å². The van der Waals surface area contributed by atoms with Gasteiger partial charge in [0, 0.05) is 31.3 Å². The Bertz CT molecular complexity index is 817. The third kappa shape index (κ3) is 7.98. The standard InChI is InChI=1S/C21H27FN4O2.HI/c1-3-24-21(26-14-19(27)17-9-4-5-10-18(17)22)25-12-11-15-7-6-8-16(13-15)20(28)23-2;/h4-10,13,19,27H,3,11-12,14H2,1-2H3,(H,23,28)(H2,24,25,26);1H. The van der Waals surface area contributed by atoms with Crippen molar-refractivity contribution in [3.63, 3.8) is 0 Å². The molecule has 0 aromatic heterocycles. The molecule has 0 spiro atoms. The van der Waals surface area contributed by atoms with Gasteiger partial charge < -0.3 is 21.1 Å². The van der Waals surface area contributed by atoms with Gasteiger partial charge in [-0.1, -0.05) is 30.3 Å². The summed E-state index contributed by atoms with van der Waals surface area (Å²) >= 11 is 0. The number of nitrogens with zero attached hydrogens (tertiary/aromatic N) is 1. The number of aliphatic hydroxyl groups is 1. The average molecular weight is 514 g/mol. The minimum absolute atomic E-state index is 0. The van der Waals surface area contributed by atoms with Gasteiger partial charge >= 0.3 is 0 Å². The first-order valence-electron chi connectivity index (χ1n) is 9.30. The lowest BCUT2D eigenvalue weighted by atomic mass is 10.1. The highest BCUT2D eigenvalue weighted by atomic mass is 127.